The molecular weight excluding hydrogens is 244 g/mol. The first-order valence-electron chi connectivity index (χ1n) is 6.39. The van der Waals surface area contributed by atoms with Crippen LogP contribution in [0, 0.1) is 5.92 Å². The summed E-state index contributed by atoms with van der Waals surface area (Å²) in [5.41, 5.74) is 0.414. The molecule has 0 rings (SSSR count). The molecule has 0 saturated heterocycles. The van der Waals surface area contributed by atoms with Gasteiger partial charge in [-0.15, -0.1) is 0 Å². The Kier molecular flexibility index (Phi) is 5.81. The fourth-order valence-electron chi connectivity index (χ4n) is 1.35. The van der Waals surface area contributed by atoms with Crippen LogP contribution >= 0.6 is 0 Å². The summed E-state index contributed by atoms with van der Waals surface area (Å²) in [5, 5.41) is 0.108. The van der Waals surface area contributed by atoms with Crippen molar-refractivity contribution in [3.8, 4) is 0 Å². The highest BCUT2D eigenvalue weighted by Crippen LogP contribution is 2.38. The van der Waals surface area contributed by atoms with Crippen molar-refractivity contribution in [3.63, 3.8) is 0 Å². The lowest BCUT2D eigenvalue weighted by atomic mass is 10.0. The fraction of sp³-hybridized carbons (Fsp3) is 0.786. The Hall–Kier alpha value is -0.613. The van der Waals surface area contributed by atoms with Gasteiger partial charge in [-0.25, -0.2) is 4.79 Å². The average Bonchev–Trinajstić information content (AvgIpc) is 2.21. The van der Waals surface area contributed by atoms with Crippen molar-refractivity contribution in [2.75, 3.05) is 7.11 Å². The van der Waals surface area contributed by atoms with Gasteiger partial charge in [0.25, 0.3) is 0 Å². The van der Waals surface area contributed by atoms with Crippen LogP contribution in [0.15, 0.2) is 12.2 Å². The van der Waals surface area contributed by atoms with E-state index in [-0.39, 0.29) is 23.0 Å². The van der Waals surface area contributed by atoms with Gasteiger partial charge in [0.05, 0.1) is 18.8 Å². The largest absolute Gasteiger partial charge is 0.466 e. The summed E-state index contributed by atoms with van der Waals surface area (Å²) in [7, 11) is -0.549. The van der Waals surface area contributed by atoms with E-state index in [0.717, 1.165) is 0 Å². The summed E-state index contributed by atoms with van der Waals surface area (Å²) in [6, 6.07) is 0. The van der Waals surface area contributed by atoms with Gasteiger partial charge in [0, 0.05) is 0 Å². The summed E-state index contributed by atoms with van der Waals surface area (Å²) < 4.78 is 11.0. The molecule has 0 saturated carbocycles. The lowest BCUT2D eigenvalue weighted by molar-refractivity contribution is -0.137. The normalized spacial score (nSPS) is 14.5. The predicted octanol–water partition coefficient (Wildman–Crippen LogP) is 3.76. The summed E-state index contributed by atoms with van der Waals surface area (Å²) in [6.07, 6.45) is -0.265. The third kappa shape index (κ3) is 4.25. The minimum atomic E-state index is -1.92. The molecule has 0 aliphatic rings. The van der Waals surface area contributed by atoms with Gasteiger partial charge in [0.15, 0.2) is 8.32 Å². The average molecular weight is 272 g/mol. The quantitative estimate of drug-likeness (QED) is 0.434. The molecule has 0 amide bonds. The van der Waals surface area contributed by atoms with Crippen LogP contribution in [-0.2, 0) is 14.0 Å². The maximum atomic E-state index is 11.6. The molecule has 0 N–H and O–H groups in total. The highest BCUT2D eigenvalue weighted by Gasteiger charge is 2.41. The first-order chi connectivity index (χ1) is 7.94. The van der Waals surface area contributed by atoms with Crippen LogP contribution in [0.1, 0.15) is 34.6 Å². The zero-order chi connectivity index (χ0) is 14.7. The number of esters is 1. The molecule has 0 bridgehead atoms. The highest BCUT2D eigenvalue weighted by atomic mass is 28.4. The zero-order valence-electron chi connectivity index (χ0n) is 13.1. The van der Waals surface area contributed by atoms with Crippen molar-refractivity contribution in [3.05, 3.63) is 12.2 Å². The van der Waals surface area contributed by atoms with Crippen LogP contribution in [0.3, 0.4) is 0 Å². The van der Waals surface area contributed by atoms with Crippen LogP contribution in [0.5, 0.6) is 0 Å². The molecule has 3 nitrogen and oxygen atoms in total. The number of rotatable bonds is 5. The molecule has 0 aliphatic carbocycles. The van der Waals surface area contributed by atoms with Crippen molar-refractivity contribution in [1.82, 2.24) is 0 Å². The van der Waals surface area contributed by atoms with Crippen LogP contribution in [0.25, 0.3) is 0 Å². The van der Waals surface area contributed by atoms with Crippen LogP contribution in [0.2, 0.25) is 18.1 Å². The van der Waals surface area contributed by atoms with E-state index < -0.39 is 8.32 Å². The fourth-order valence-corrected chi connectivity index (χ4v) is 2.75. The molecule has 1 atom stereocenters. The van der Waals surface area contributed by atoms with E-state index in [2.05, 4.69) is 40.4 Å². The molecule has 0 aromatic rings. The summed E-state index contributed by atoms with van der Waals surface area (Å²) in [5.74, 6) is -0.182. The van der Waals surface area contributed by atoms with Gasteiger partial charge >= 0.3 is 5.97 Å². The second-order valence-electron chi connectivity index (χ2n) is 6.56. The minimum absolute atomic E-state index is 0.108. The van der Waals surface area contributed by atoms with E-state index in [1.54, 1.807) is 0 Å². The SMILES string of the molecule is C=C(C(=O)OC)C(O[Si](C)(C)C(C)(C)C)C(C)C. The molecule has 0 aliphatic heterocycles. The van der Waals surface area contributed by atoms with Crippen LogP contribution in [0.4, 0.5) is 0 Å². The van der Waals surface area contributed by atoms with Gasteiger partial charge < -0.3 is 9.16 Å². The molecule has 0 fully saturated rings. The lowest BCUT2D eigenvalue weighted by Crippen LogP contribution is -2.46. The second-order valence-corrected chi connectivity index (χ2v) is 11.3. The van der Waals surface area contributed by atoms with E-state index in [9.17, 15) is 4.79 Å². The topological polar surface area (TPSA) is 35.5 Å². The molecule has 1 unspecified atom stereocenters. The third-order valence-electron chi connectivity index (χ3n) is 3.62. The molecule has 0 spiro atoms. The highest BCUT2D eigenvalue weighted by molar-refractivity contribution is 6.74. The van der Waals surface area contributed by atoms with Gasteiger partial charge in [-0.3, -0.25) is 0 Å². The van der Waals surface area contributed by atoms with Crippen molar-refractivity contribution in [1.29, 1.82) is 0 Å². The third-order valence-corrected chi connectivity index (χ3v) is 8.08. The molecule has 0 heterocycles. The first kappa shape index (κ1) is 17.4. The minimum Gasteiger partial charge on any atom is -0.466 e. The Balaban J connectivity index is 5.08. The van der Waals surface area contributed by atoms with Gasteiger partial charge in [0.1, 0.15) is 0 Å². The van der Waals surface area contributed by atoms with E-state index in [1.807, 2.05) is 13.8 Å². The summed E-state index contributed by atoms with van der Waals surface area (Å²) in [4.78, 5) is 11.6. The number of hydrogen-bond acceptors (Lipinski definition) is 3. The molecule has 4 heteroatoms. The number of carbonyl (C=O) groups excluding carboxylic acids is 1. The Morgan fingerprint density at radius 1 is 1.22 bits per heavy atom. The lowest BCUT2D eigenvalue weighted by Gasteiger charge is -2.40. The van der Waals surface area contributed by atoms with E-state index in [0.29, 0.717) is 5.57 Å². The van der Waals surface area contributed by atoms with E-state index >= 15 is 0 Å². The maximum absolute atomic E-state index is 11.6. The molecule has 0 radical (unpaired) electrons. The first-order valence-corrected chi connectivity index (χ1v) is 9.29. The second kappa shape index (κ2) is 6.02. The summed E-state index contributed by atoms with van der Waals surface area (Å²) in [6.45, 7) is 18.8. The van der Waals surface area contributed by atoms with Crippen LogP contribution in [-0.4, -0.2) is 27.5 Å². The zero-order valence-corrected chi connectivity index (χ0v) is 14.1. The number of ether oxygens (including phenoxy) is 1. The standard InChI is InChI=1S/C14H28O3Si/c1-10(2)12(11(3)13(15)16-7)17-18(8,9)14(4,5)6/h10,12H,3H2,1-2,4-9H3. The van der Waals surface area contributed by atoms with Gasteiger partial charge in [-0.05, 0) is 24.1 Å². The Morgan fingerprint density at radius 3 is 1.94 bits per heavy atom. The van der Waals surface area contributed by atoms with Gasteiger partial charge in [-0.2, -0.15) is 0 Å². The van der Waals surface area contributed by atoms with Crippen molar-refractivity contribution >= 4 is 14.3 Å². The molecule has 0 aromatic heterocycles. The van der Waals surface area contributed by atoms with Gasteiger partial charge in [0.2, 0.25) is 0 Å². The Labute approximate surface area is 113 Å². The van der Waals surface area contributed by atoms with Crippen molar-refractivity contribution < 1.29 is 14.0 Å². The van der Waals surface area contributed by atoms with Crippen molar-refractivity contribution in [2.24, 2.45) is 5.92 Å². The molecule has 18 heavy (non-hydrogen) atoms. The van der Waals surface area contributed by atoms with Crippen molar-refractivity contribution in [2.45, 2.75) is 58.9 Å². The number of carbonyl (C=O) groups is 1. The Bertz CT molecular complexity index is 313. The van der Waals surface area contributed by atoms with E-state index in [1.165, 1.54) is 7.11 Å². The monoisotopic (exact) mass is 272 g/mol. The maximum Gasteiger partial charge on any atom is 0.335 e. The number of methoxy groups -OCH3 is 1. The predicted molar refractivity (Wildman–Crippen MR) is 78.1 cm³/mol. The molecule has 0 aromatic carbocycles. The van der Waals surface area contributed by atoms with Gasteiger partial charge in [-0.1, -0.05) is 41.2 Å². The molecular formula is C14H28O3Si. The molecule has 106 valence electrons. The van der Waals surface area contributed by atoms with Crippen LogP contribution < -0.4 is 0 Å². The van der Waals surface area contributed by atoms with E-state index in [4.69, 9.17) is 9.16 Å². The summed E-state index contributed by atoms with van der Waals surface area (Å²) >= 11 is 0. The Morgan fingerprint density at radius 2 is 1.67 bits per heavy atom. The number of hydrogen-bond donors (Lipinski definition) is 0. The smallest absolute Gasteiger partial charge is 0.335 e.